The second-order valence-corrected chi connectivity index (χ2v) is 10.7. The largest absolute Gasteiger partial charge is 0.495 e. The average Bonchev–Trinajstić information content (AvgIpc) is 3.35. The van der Waals surface area contributed by atoms with Crippen molar-refractivity contribution in [2.45, 2.75) is 45.8 Å². The monoisotopic (exact) mass is 564 g/mol. The molecule has 0 saturated heterocycles. The van der Waals surface area contributed by atoms with Crippen molar-refractivity contribution in [2.75, 3.05) is 12.0 Å². The van der Waals surface area contributed by atoms with E-state index < -0.39 is 29.2 Å². The van der Waals surface area contributed by atoms with Crippen molar-refractivity contribution in [3.8, 4) is 17.1 Å². The van der Waals surface area contributed by atoms with Crippen LogP contribution in [0.5, 0.6) is 5.75 Å². The van der Waals surface area contributed by atoms with Crippen LogP contribution in [-0.2, 0) is 16.1 Å². The van der Waals surface area contributed by atoms with Gasteiger partial charge in [-0.1, -0.05) is 29.8 Å². The van der Waals surface area contributed by atoms with Crippen LogP contribution in [0.15, 0.2) is 66.7 Å². The molecule has 1 atom stereocenters. The highest BCUT2D eigenvalue weighted by molar-refractivity contribution is 6.30. The number of hydrogen-bond acceptors (Lipinski definition) is 6. The minimum absolute atomic E-state index is 0.229. The summed E-state index contributed by atoms with van der Waals surface area (Å²) in [6.07, 6.45) is 0. The molecule has 0 aliphatic rings. The van der Waals surface area contributed by atoms with Crippen LogP contribution in [0.4, 0.5) is 10.1 Å². The van der Waals surface area contributed by atoms with Crippen molar-refractivity contribution in [1.82, 2.24) is 25.5 Å². The molecule has 9 nitrogen and oxygen atoms in total. The second-order valence-electron chi connectivity index (χ2n) is 10.3. The number of nitrogens with zero attached hydrogens (tertiary/aromatic N) is 5. The van der Waals surface area contributed by atoms with Crippen molar-refractivity contribution in [3.63, 3.8) is 0 Å². The maximum absolute atomic E-state index is 14.1. The molecule has 4 rings (SSSR count). The average molecular weight is 565 g/mol. The summed E-state index contributed by atoms with van der Waals surface area (Å²) >= 11 is 6.15. The van der Waals surface area contributed by atoms with Crippen LogP contribution in [-0.4, -0.2) is 44.7 Å². The Hall–Kier alpha value is -4.31. The number of hydrogen-bond donors (Lipinski definition) is 1. The van der Waals surface area contributed by atoms with Crippen LogP contribution in [0.25, 0.3) is 11.4 Å². The highest BCUT2D eigenvalue weighted by atomic mass is 35.5. The Labute approximate surface area is 236 Å². The van der Waals surface area contributed by atoms with Gasteiger partial charge in [-0.3, -0.25) is 14.5 Å². The van der Waals surface area contributed by atoms with Gasteiger partial charge in [0.15, 0.2) is 0 Å². The van der Waals surface area contributed by atoms with E-state index in [2.05, 4.69) is 20.7 Å². The number of carbonyl (C=O) groups excluding carboxylic acids is 2. The molecule has 4 aromatic rings. The first-order valence-corrected chi connectivity index (χ1v) is 12.9. The number of aromatic nitrogens is 4. The smallest absolute Gasteiger partial charge is 0.251 e. The summed E-state index contributed by atoms with van der Waals surface area (Å²) in [7, 11) is 1.50. The molecule has 0 unspecified atom stereocenters. The van der Waals surface area contributed by atoms with Gasteiger partial charge in [-0.2, -0.15) is 4.80 Å². The molecule has 0 fully saturated rings. The zero-order valence-electron chi connectivity index (χ0n) is 22.9. The Morgan fingerprint density at radius 1 is 1.07 bits per heavy atom. The highest BCUT2D eigenvalue weighted by Crippen LogP contribution is 2.36. The normalized spacial score (nSPS) is 12.1. The number of methoxy groups -OCH3 is 1. The minimum Gasteiger partial charge on any atom is -0.495 e. The third-order valence-electron chi connectivity index (χ3n) is 5.89. The standard InChI is InChI=1S/C29H30ClFN6O3/c1-18-6-15-24(40-5)23(16-18)37(26(28(39)32-29(2,3)4)19-7-11-21(30)12-8-19)25(38)17-36-34-27(33-35-36)20-9-13-22(31)14-10-20/h6-16,26H,17H2,1-5H3,(H,32,39)/t26-/m1/s1. The van der Waals surface area contributed by atoms with E-state index in [1.807, 2.05) is 33.8 Å². The van der Waals surface area contributed by atoms with Crippen molar-refractivity contribution in [1.29, 1.82) is 0 Å². The summed E-state index contributed by atoms with van der Waals surface area (Å²) in [6, 6.07) is 16.7. The number of ether oxygens (including phenoxy) is 1. The predicted molar refractivity (Wildman–Crippen MR) is 151 cm³/mol. The molecule has 3 aromatic carbocycles. The summed E-state index contributed by atoms with van der Waals surface area (Å²) in [4.78, 5) is 30.5. The molecule has 40 heavy (non-hydrogen) atoms. The molecule has 0 radical (unpaired) electrons. The summed E-state index contributed by atoms with van der Waals surface area (Å²) < 4.78 is 19.0. The van der Waals surface area contributed by atoms with E-state index >= 15 is 0 Å². The van der Waals surface area contributed by atoms with Crippen molar-refractivity contribution >= 4 is 29.1 Å². The number of halogens is 2. The lowest BCUT2D eigenvalue weighted by atomic mass is 10.00. The maximum Gasteiger partial charge on any atom is 0.251 e. The molecular weight excluding hydrogens is 535 g/mol. The number of carbonyl (C=O) groups is 2. The van der Waals surface area contributed by atoms with E-state index in [1.165, 1.54) is 36.3 Å². The lowest BCUT2D eigenvalue weighted by molar-refractivity contribution is -0.128. The van der Waals surface area contributed by atoms with Crippen LogP contribution >= 0.6 is 11.6 Å². The summed E-state index contributed by atoms with van der Waals surface area (Å²) in [5, 5.41) is 15.8. The fourth-order valence-electron chi connectivity index (χ4n) is 4.13. The lowest BCUT2D eigenvalue weighted by Gasteiger charge is -2.34. The quantitative estimate of drug-likeness (QED) is 0.318. The van der Waals surface area contributed by atoms with Gasteiger partial charge in [0.05, 0.1) is 12.8 Å². The zero-order chi connectivity index (χ0) is 29.0. The first kappa shape index (κ1) is 28.7. The van der Waals surface area contributed by atoms with Gasteiger partial charge < -0.3 is 10.1 Å². The number of tetrazole rings is 1. The van der Waals surface area contributed by atoms with E-state index in [9.17, 15) is 14.0 Å². The van der Waals surface area contributed by atoms with Crippen LogP contribution < -0.4 is 15.0 Å². The number of rotatable bonds is 8. The molecule has 0 aliphatic heterocycles. The Kier molecular flexibility index (Phi) is 8.49. The zero-order valence-corrected chi connectivity index (χ0v) is 23.6. The SMILES string of the molecule is COc1ccc(C)cc1N(C(=O)Cn1nnc(-c2ccc(F)cc2)n1)[C@@H](C(=O)NC(C)(C)C)c1ccc(Cl)cc1. The van der Waals surface area contributed by atoms with Crippen LogP contribution in [0, 0.1) is 12.7 Å². The van der Waals surface area contributed by atoms with E-state index in [0.717, 1.165) is 10.4 Å². The van der Waals surface area contributed by atoms with Crippen molar-refractivity contribution in [2.24, 2.45) is 0 Å². The van der Waals surface area contributed by atoms with Gasteiger partial charge in [-0.25, -0.2) is 4.39 Å². The van der Waals surface area contributed by atoms with E-state index in [1.54, 1.807) is 36.4 Å². The Morgan fingerprint density at radius 3 is 2.38 bits per heavy atom. The van der Waals surface area contributed by atoms with E-state index in [4.69, 9.17) is 16.3 Å². The predicted octanol–water partition coefficient (Wildman–Crippen LogP) is 5.14. The van der Waals surface area contributed by atoms with E-state index in [0.29, 0.717) is 27.6 Å². The summed E-state index contributed by atoms with van der Waals surface area (Å²) in [5.41, 5.74) is 1.76. The van der Waals surface area contributed by atoms with Crippen LogP contribution in [0.1, 0.15) is 37.9 Å². The van der Waals surface area contributed by atoms with Gasteiger partial charge >= 0.3 is 0 Å². The lowest BCUT2D eigenvalue weighted by Crippen LogP contribution is -2.50. The minimum atomic E-state index is -1.08. The van der Waals surface area contributed by atoms with E-state index in [-0.39, 0.29) is 12.4 Å². The molecule has 0 bridgehead atoms. The van der Waals surface area contributed by atoms with Gasteiger partial charge in [-0.15, -0.1) is 10.2 Å². The topological polar surface area (TPSA) is 102 Å². The summed E-state index contributed by atoms with van der Waals surface area (Å²) in [5.74, 6) is -0.649. The molecule has 208 valence electrons. The summed E-state index contributed by atoms with van der Waals surface area (Å²) in [6.45, 7) is 7.13. The van der Waals surface area contributed by atoms with Crippen LogP contribution in [0.3, 0.4) is 0 Å². The molecule has 0 aliphatic carbocycles. The van der Waals surface area contributed by atoms with Gasteiger partial charge in [0.25, 0.3) is 5.91 Å². The molecule has 1 N–H and O–H groups in total. The maximum atomic E-state index is 14.1. The third kappa shape index (κ3) is 6.81. The molecule has 2 amide bonds. The fraction of sp³-hybridized carbons (Fsp3) is 0.276. The van der Waals surface area contributed by atoms with Crippen molar-refractivity contribution < 1.29 is 18.7 Å². The van der Waals surface area contributed by atoms with Gasteiger partial charge in [0.1, 0.15) is 24.2 Å². The first-order chi connectivity index (χ1) is 18.9. The third-order valence-corrected chi connectivity index (χ3v) is 6.14. The van der Waals surface area contributed by atoms with Gasteiger partial charge in [0, 0.05) is 16.1 Å². The molecular formula is C29H30ClFN6O3. The molecule has 0 saturated carbocycles. The number of aryl methyl sites for hydroxylation is 1. The van der Waals surface area contributed by atoms with Gasteiger partial charge in [0.2, 0.25) is 11.7 Å². The Bertz CT molecular complexity index is 1500. The Balaban J connectivity index is 1.80. The Morgan fingerprint density at radius 2 is 1.75 bits per heavy atom. The number of nitrogens with one attached hydrogen (secondary N) is 1. The fourth-order valence-corrected chi connectivity index (χ4v) is 4.25. The first-order valence-electron chi connectivity index (χ1n) is 12.5. The number of amides is 2. The molecule has 0 spiro atoms. The molecule has 1 heterocycles. The number of benzene rings is 3. The van der Waals surface area contributed by atoms with Gasteiger partial charge in [-0.05, 0) is 92.6 Å². The molecule has 11 heteroatoms. The second kappa shape index (κ2) is 11.8. The van der Waals surface area contributed by atoms with Crippen LogP contribution in [0.2, 0.25) is 5.02 Å². The highest BCUT2D eigenvalue weighted by Gasteiger charge is 2.36. The van der Waals surface area contributed by atoms with Crippen molar-refractivity contribution in [3.05, 3.63) is 88.7 Å². The number of anilines is 1. The molecule has 1 aromatic heterocycles.